The molecule has 0 aromatic carbocycles. The van der Waals surface area contributed by atoms with E-state index in [0.717, 1.165) is 32.1 Å². The average Bonchev–Trinajstić information content (AvgIpc) is 2.99. The van der Waals surface area contributed by atoms with Gasteiger partial charge in [0, 0.05) is 11.8 Å². The van der Waals surface area contributed by atoms with Crippen molar-refractivity contribution in [3.05, 3.63) is 23.8 Å². The molecule has 23 heavy (non-hydrogen) atoms. The van der Waals surface area contributed by atoms with Gasteiger partial charge >= 0.3 is 0 Å². The van der Waals surface area contributed by atoms with E-state index in [-0.39, 0.29) is 29.6 Å². The number of fused-ring (bicyclic) bond motifs is 1. The Kier molecular flexibility index (Phi) is 4.27. The van der Waals surface area contributed by atoms with Gasteiger partial charge < -0.3 is 14.9 Å². The Labute approximate surface area is 140 Å². The maximum atomic E-state index is 11.2. The van der Waals surface area contributed by atoms with Gasteiger partial charge in [0.05, 0.1) is 23.4 Å². The zero-order valence-corrected chi connectivity index (χ0v) is 15.0. The van der Waals surface area contributed by atoms with E-state index in [4.69, 9.17) is 4.74 Å². The normalized spacial score (nSPS) is 44.9. The summed E-state index contributed by atoms with van der Waals surface area (Å²) in [6, 6.07) is 0. The minimum absolute atomic E-state index is 0.100. The molecule has 3 heteroatoms. The third kappa shape index (κ3) is 2.92. The predicted molar refractivity (Wildman–Crippen MR) is 92.0 cm³/mol. The van der Waals surface area contributed by atoms with E-state index >= 15 is 0 Å². The first-order chi connectivity index (χ1) is 10.6. The number of rotatable bonds is 2. The van der Waals surface area contributed by atoms with Crippen molar-refractivity contribution in [2.75, 3.05) is 0 Å². The summed E-state index contributed by atoms with van der Waals surface area (Å²) in [6.07, 6.45) is 6.40. The highest BCUT2D eigenvalue weighted by atomic mass is 16.5. The van der Waals surface area contributed by atoms with Crippen molar-refractivity contribution in [2.45, 2.75) is 83.2 Å². The van der Waals surface area contributed by atoms with E-state index in [1.807, 2.05) is 13.8 Å². The molecule has 0 radical (unpaired) electrons. The van der Waals surface area contributed by atoms with Gasteiger partial charge in [-0.2, -0.15) is 0 Å². The molecular formula is C20H32O3. The second kappa shape index (κ2) is 5.72. The van der Waals surface area contributed by atoms with Gasteiger partial charge in [-0.15, -0.1) is 0 Å². The van der Waals surface area contributed by atoms with Crippen LogP contribution in [0.25, 0.3) is 0 Å². The monoisotopic (exact) mass is 320 g/mol. The highest BCUT2D eigenvalue weighted by Crippen LogP contribution is 2.51. The quantitative estimate of drug-likeness (QED) is 0.764. The molecule has 0 amide bonds. The lowest BCUT2D eigenvalue weighted by molar-refractivity contribution is -0.155. The van der Waals surface area contributed by atoms with Crippen LogP contribution in [0.3, 0.4) is 0 Å². The Hall–Kier alpha value is -0.640. The SMILES string of the molecule is C=C1CCC(C2(C)CCC(C(C)(C)O)O2)C(O)C2C(C)=CCC12. The van der Waals surface area contributed by atoms with Crippen LogP contribution in [0.2, 0.25) is 0 Å². The maximum Gasteiger partial charge on any atom is 0.0865 e. The maximum absolute atomic E-state index is 11.2. The van der Waals surface area contributed by atoms with Gasteiger partial charge in [0.15, 0.2) is 0 Å². The van der Waals surface area contributed by atoms with Crippen LogP contribution in [0.15, 0.2) is 23.8 Å². The molecule has 1 saturated carbocycles. The van der Waals surface area contributed by atoms with Crippen LogP contribution < -0.4 is 0 Å². The number of hydrogen-bond donors (Lipinski definition) is 2. The molecule has 6 atom stereocenters. The van der Waals surface area contributed by atoms with Gasteiger partial charge in [-0.3, -0.25) is 0 Å². The fraction of sp³-hybridized carbons (Fsp3) is 0.800. The van der Waals surface area contributed by atoms with Crippen molar-refractivity contribution >= 4 is 0 Å². The molecular weight excluding hydrogens is 288 g/mol. The van der Waals surface area contributed by atoms with Gasteiger partial charge in [0.25, 0.3) is 0 Å². The second-order valence-corrected chi connectivity index (χ2v) is 8.72. The third-order valence-electron chi connectivity index (χ3n) is 6.62. The average molecular weight is 320 g/mol. The topological polar surface area (TPSA) is 49.7 Å². The van der Waals surface area contributed by atoms with Crippen LogP contribution in [0.1, 0.15) is 59.8 Å². The van der Waals surface area contributed by atoms with Gasteiger partial charge in [0.2, 0.25) is 0 Å². The summed E-state index contributed by atoms with van der Waals surface area (Å²) >= 11 is 0. The van der Waals surface area contributed by atoms with Crippen molar-refractivity contribution in [1.82, 2.24) is 0 Å². The first kappa shape index (κ1) is 17.2. The summed E-state index contributed by atoms with van der Waals surface area (Å²) < 4.78 is 6.34. The van der Waals surface area contributed by atoms with Crippen LogP contribution in [-0.2, 0) is 4.74 Å². The highest BCUT2D eigenvalue weighted by molar-refractivity contribution is 5.25. The highest BCUT2D eigenvalue weighted by Gasteiger charge is 2.52. The molecule has 1 aliphatic heterocycles. The van der Waals surface area contributed by atoms with Crippen molar-refractivity contribution in [3.63, 3.8) is 0 Å². The van der Waals surface area contributed by atoms with Crippen molar-refractivity contribution in [2.24, 2.45) is 17.8 Å². The molecule has 1 heterocycles. The van der Waals surface area contributed by atoms with Crippen LogP contribution in [0.4, 0.5) is 0 Å². The summed E-state index contributed by atoms with van der Waals surface area (Å²) in [5.41, 5.74) is 1.40. The first-order valence-corrected chi connectivity index (χ1v) is 9.06. The fourth-order valence-electron chi connectivity index (χ4n) is 5.09. The molecule has 3 rings (SSSR count). The van der Waals surface area contributed by atoms with Crippen molar-refractivity contribution in [1.29, 1.82) is 0 Å². The molecule has 2 fully saturated rings. The van der Waals surface area contributed by atoms with Gasteiger partial charge in [-0.1, -0.05) is 23.8 Å². The Bertz CT molecular complexity index is 515. The lowest BCUT2D eigenvalue weighted by atomic mass is 9.74. The molecule has 130 valence electrons. The third-order valence-corrected chi connectivity index (χ3v) is 6.62. The minimum atomic E-state index is -0.831. The summed E-state index contributed by atoms with van der Waals surface area (Å²) in [7, 11) is 0. The van der Waals surface area contributed by atoms with Crippen LogP contribution in [0.5, 0.6) is 0 Å². The molecule has 3 aliphatic rings. The fourth-order valence-corrected chi connectivity index (χ4v) is 5.09. The number of hydrogen-bond acceptors (Lipinski definition) is 3. The minimum Gasteiger partial charge on any atom is -0.392 e. The first-order valence-electron chi connectivity index (χ1n) is 9.06. The molecule has 2 aliphatic carbocycles. The number of aliphatic hydroxyl groups is 2. The molecule has 0 aromatic heterocycles. The zero-order chi connectivity index (χ0) is 17.0. The molecule has 0 bridgehead atoms. The second-order valence-electron chi connectivity index (χ2n) is 8.72. The van der Waals surface area contributed by atoms with Gasteiger partial charge in [0.1, 0.15) is 0 Å². The standard InChI is InChI=1S/C20H32O3/c1-12-7-9-15(18(21)17-13(2)6-8-14(12)17)20(5)11-10-16(23-20)19(3,4)22/h6,14-18,21-22H,1,7-11H2,2-5H3. The van der Waals surface area contributed by atoms with E-state index < -0.39 is 5.60 Å². The Balaban J connectivity index is 1.85. The molecule has 0 spiro atoms. The number of ether oxygens (including phenoxy) is 1. The van der Waals surface area contributed by atoms with Crippen molar-refractivity contribution < 1.29 is 14.9 Å². The number of allylic oxidation sites excluding steroid dienone is 2. The summed E-state index contributed by atoms with van der Waals surface area (Å²) in [6.45, 7) is 12.2. The Morgan fingerprint density at radius 3 is 2.65 bits per heavy atom. The molecule has 6 unspecified atom stereocenters. The van der Waals surface area contributed by atoms with E-state index in [2.05, 4.69) is 26.5 Å². The van der Waals surface area contributed by atoms with E-state index in [1.54, 1.807) is 0 Å². The zero-order valence-electron chi connectivity index (χ0n) is 15.0. The Morgan fingerprint density at radius 1 is 1.35 bits per heavy atom. The van der Waals surface area contributed by atoms with E-state index in [9.17, 15) is 10.2 Å². The molecule has 1 saturated heterocycles. The van der Waals surface area contributed by atoms with Crippen LogP contribution >= 0.6 is 0 Å². The Morgan fingerprint density at radius 2 is 2.04 bits per heavy atom. The van der Waals surface area contributed by atoms with Crippen LogP contribution in [-0.4, -0.2) is 33.6 Å². The van der Waals surface area contributed by atoms with Gasteiger partial charge in [-0.05, 0) is 65.7 Å². The van der Waals surface area contributed by atoms with E-state index in [1.165, 1.54) is 11.1 Å². The van der Waals surface area contributed by atoms with Crippen molar-refractivity contribution in [3.8, 4) is 0 Å². The summed E-state index contributed by atoms with van der Waals surface area (Å²) in [5, 5.41) is 21.5. The van der Waals surface area contributed by atoms with E-state index in [0.29, 0.717) is 5.92 Å². The lowest BCUT2D eigenvalue weighted by Crippen LogP contribution is -2.47. The molecule has 3 nitrogen and oxygen atoms in total. The summed E-state index contributed by atoms with van der Waals surface area (Å²) in [4.78, 5) is 0. The van der Waals surface area contributed by atoms with Crippen LogP contribution in [0, 0.1) is 17.8 Å². The number of aliphatic hydroxyl groups excluding tert-OH is 1. The summed E-state index contributed by atoms with van der Waals surface area (Å²) in [5.74, 6) is 0.685. The largest absolute Gasteiger partial charge is 0.392 e. The predicted octanol–water partition coefficient (Wildman–Crippen LogP) is 3.60. The lowest BCUT2D eigenvalue weighted by Gasteiger charge is -2.40. The smallest absolute Gasteiger partial charge is 0.0865 e. The molecule has 0 aromatic rings. The van der Waals surface area contributed by atoms with Gasteiger partial charge in [-0.25, -0.2) is 0 Å². The molecule has 2 N–H and O–H groups in total.